The van der Waals surface area contributed by atoms with Gasteiger partial charge in [-0.15, -0.1) is 0 Å². The molecule has 1 saturated carbocycles. The van der Waals surface area contributed by atoms with Gasteiger partial charge < -0.3 is 0 Å². The average Bonchev–Trinajstić information content (AvgIpc) is 2.46. The highest BCUT2D eigenvalue weighted by Gasteiger charge is 2.22. The first-order chi connectivity index (χ1) is 8.78. The summed E-state index contributed by atoms with van der Waals surface area (Å²) in [5, 5.41) is 0. The fraction of sp³-hybridized carbons (Fsp3) is 0.588. The molecule has 2 unspecified atom stereocenters. The van der Waals surface area contributed by atoms with Crippen molar-refractivity contribution in [3.8, 4) is 0 Å². The van der Waals surface area contributed by atoms with E-state index < -0.39 is 0 Å². The van der Waals surface area contributed by atoms with E-state index in [-0.39, 0.29) is 0 Å². The first kappa shape index (κ1) is 13.3. The maximum absolute atomic E-state index is 11.0. The Morgan fingerprint density at radius 1 is 1.28 bits per heavy atom. The molecule has 1 aromatic carbocycles. The van der Waals surface area contributed by atoms with Crippen molar-refractivity contribution >= 4 is 6.29 Å². The largest absolute Gasteiger partial charge is 0.298 e. The van der Waals surface area contributed by atoms with Gasteiger partial charge in [0.05, 0.1) is 0 Å². The molecule has 98 valence electrons. The van der Waals surface area contributed by atoms with E-state index in [9.17, 15) is 4.79 Å². The van der Waals surface area contributed by atoms with Crippen LogP contribution in [0.15, 0.2) is 18.2 Å². The fourth-order valence-electron chi connectivity index (χ4n) is 3.27. The summed E-state index contributed by atoms with van der Waals surface area (Å²) < 4.78 is 0. The lowest BCUT2D eigenvalue weighted by atomic mass is 9.76. The van der Waals surface area contributed by atoms with Crippen LogP contribution in [0.1, 0.15) is 73.4 Å². The van der Waals surface area contributed by atoms with Crippen molar-refractivity contribution in [2.75, 3.05) is 0 Å². The Morgan fingerprint density at radius 3 is 2.78 bits per heavy atom. The summed E-state index contributed by atoms with van der Waals surface area (Å²) in [7, 11) is 0. The summed E-state index contributed by atoms with van der Waals surface area (Å²) in [4.78, 5) is 11.0. The molecule has 1 nitrogen and oxygen atoms in total. The smallest absolute Gasteiger partial charge is 0.150 e. The van der Waals surface area contributed by atoms with Crippen LogP contribution in [0.3, 0.4) is 0 Å². The Kier molecular flexibility index (Phi) is 4.57. The third-order valence-corrected chi connectivity index (χ3v) is 4.51. The maximum Gasteiger partial charge on any atom is 0.150 e. The number of hydrogen-bond donors (Lipinski definition) is 0. The van der Waals surface area contributed by atoms with Gasteiger partial charge in [0.1, 0.15) is 6.29 Å². The molecule has 1 aliphatic rings. The zero-order valence-corrected chi connectivity index (χ0v) is 11.6. The topological polar surface area (TPSA) is 17.1 Å². The average molecular weight is 244 g/mol. The number of rotatable bonds is 4. The molecular weight excluding hydrogens is 220 g/mol. The van der Waals surface area contributed by atoms with Crippen molar-refractivity contribution in [2.24, 2.45) is 5.92 Å². The quantitative estimate of drug-likeness (QED) is 0.699. The van der Waals surface area contributed by atoms with E-state index >= 15 is 0 Å². The molecule has 1 heteroatoms. The highest BCUT2D eigenvalue weighted by Crippen LogP contribution is 2.37. The number of benzene rings is 1. The van der Waals surface area contributed by atoms with Gasteiger partial charge in [0, 0.05) is 5.56 Å². The summed E-state index contributed by atoms with van der Waals surface area (Å²) in [5.41, 5.74) is 3.53. The van der Waals surface area contributed by atoms with Crippen LogP contribution in [-0.2, 0) is 6.42 Å². The molecule has 0 spiro atoms. The number of carbonyl (C=O) groups excluding carboxylic acids is 1. The summed E-state index contributed by atoms with van der Waals surface area (Å²) in [5.74, 6) is 1.62. The molecule has 0 saturated heterocycles. The van der Waals surface area contributed by atoms with Crippen LogP contribution in [0.2, 0.25) is 0 Å². The van der Waals surface area contributed by atoms with Crippen molar-refractivity contribution in [1.82, 2.24) is 0 Å². The highest BCUT2D eigenvalue weighted by molar-refractivity contribution is 5.77. The lowest BCUT2D eigenvalue weighted by molar-refractivity contribution is 0.112. The summed E-state index contributed by atoms with van der Waals surface area (Å²) in [6, 6.07) is 6.45. The minimum atomic E-state index is 0.717. The second-order valence-electron chi connectivity index (χ2n) is 5.57. The van der Waals surface area contributed by atoms with Crippen LogP contribution in [-0.4, -0.2) is 6.29 Å². The van der Waals surface area contributed by atoms with E-state index in [0.717, 1.165) is 30.1 Å². The molecule has 0 heterocycles. The van der Waals surface area contributed by atoms with Gasteiger partial charge in [-0.2, -0.15) is 0 Å². The molecule has 0 radical (unpaired) electrons. The Balaban J connectivity index is 2.19. The van der Waals surface area contributed by atoms with E-state index in [1.165, 1.54) is 43.2 Å². The number of aryl methyl sites for hydroxylation is 1. The lowest BCUT2D eigenvalue weighted by Gasteiger charge is -2.29. The van der Waals surface area contributed by atoms with Crippen molar-refractivity contribution in [1.29, 1.82) is 0 Å². The first-order valence-electron chi connectivity index (χ1n) is 7.36. The standard InChI is InChI=1S/C17H24O/c1-3-13-6-5-7-15(10-13)16-8-9-17(12-18)14(4-2)11-16/h8-9,11-13,15H,3-7,10H2,1-2H3. The SMILES string of the molecule is CCc1cc(C2CCCC(CC)C2)ccc1C=O. The van der Waals surface area contributed by atoms with Crippen LogP contribution in [0.4, 0.5) is 0 Å². The highest BCUT2D eigenvalue weighted by atomic mass is 16.1. The van der Waals surface area contributed by atoms with E-state index in [1.54, 1.807) is 0 Å². The molecule has 2 atom stereocenters. The Bertz CT molecular complexity index is 408. The second kappa shape index (κ2) is 6.17. The van der Waals surface area contributed by atoms with Crippen molar-refractivity contribution in [2.45, 2.75) is 58.3 Å². The molecular formula is C17H24O. The van der Waals surface area contributed by atoms with E-state index in [2.05, 4.69) is 26.0 Å². The molecule has 0 bridgehead atoms. The first-order valence-corrected chi connectivity index (χ1v) is 7.36. The molecule has 1 aromatic rings. The van der Waals surface area contributed by atoms with Gasteiger partial charge in [-0.1, -0.05) is 51.3 Å². The van der Waals surface area contributed by atoms with Crippen LogP contribution < -0.4 is 0 Å². The fourth-order valence-corrected chi connectivity index (χ4v) is 3.27. The van der Waals surface area contributed by atoms with E-state index in [0.29, 0.717) is 0 Å². The second-order valence-corrected chi connectivity index (χ2v) is 5.57. The molecule has 18 heavy (non-hydrogen) atoms. The molecule has 0 aromatic heterocycles. The number of hydrogen-bond acceptors (Lipinski definition) is 1. The normalized spacial score (nSPS) is 23.9. The van der Waals surface area contributed by atoms with Gasteiger partial charge in [0.15, 0.2) is 0 Å². The minimum Gasteiger partial charge on any atom is -0.298 e. The lowest BCUT2D eigenvalue weighted by Crippen LogP contribution is -2.14. The van der Waals surface area contributed by atoms with Crippen molar-refractivity contribution in [3.63, 3.8) is 0 Å². The molecule has 2 rings (SSSR count). The monoisotopic (exact) mass is 244 g/mol. The zero-order chi connectivity index (χ0) is 13.0. The number of carbonyl (C=O) groups is 1. The number of aldehydes is 1. The molecule has 1 fully saturated rings. The predicted molar refractivity (Wildman–Crippen MR) is 76.2 cm³/mol. The molecule has 0 aliphatic heterocycles. The van der Waals surface area contributed by atoms with Crippen molar-refractivity contribution < 1.29 is 4.79 Å². The third-order valence-electron chi connectivity index (χ3n) is 4.51. The van der Waals surface area contributed by atoms with Gasteiger partial charge in [0.2, 0.25) is 0 Å². The summed E-state index contributed by atoms with van der Waals surface area (Å²) in [6.45, 7) is 4.43. The maximum atomic E-state index is 11.0. The van der Waals surface area contributed by atoms with Crippen LogP contribution in [0, 0.1) is 5.92 Å². The van der Waals surface area contributed by atoms with Gasteiger partial charge in [-0.25, -0.2) is 0 Å². The molecule has 0 N–H and O–H groups in total. The predicted octanol–water partition coefficient (Wildman–Crippen LogP) is 4.75. The van der Waals surface area contributed by atoms with E-state index in [4.69, 9.17) is 0 Å². The van der Waals surface area contributed by atoms with Gasteiger partial charge in [0.25, 0.3) is 0 Å². The van der Waals surface area contributed by atoms with Crippen LogP contribution in [0.25, 0.3) is 0 Å². The van der Waals surface area contributed by atoms with Gasteiger partial charge >= 0.3 is 0 Å². The molecule has 1 aliphatic carbocycles. The zero-order valence-electron chi connectivity index (χ0n) is 11.6. The summed E-state index contributed by atoms with van der Waals surface area (Å²) >= 11 is 0. The van der Waals surface area contributed by atoms with E-state index in [1.807, 2.05) is 6.07 Å². The minimum absolute atomic E-state index is 0.717. The Labute approximate surface area is 111 Å². The van der Waals surface area contributed by atoms with Crippen LogP contribution >= 0.6 is 0 Å². The van der Waals surface area contributed by atoms with Gasteiger partial charge in [-0.3, -0.25) is 4.79 Å². The summed E-state index contributed by atoms with van der Waals surface area (Å²) in [6.07, 6.45) is 8.66. The van der Waals surface area contributed by atoms with Crippen LogP contribution in [0.5, 0.6) is 0 Å². The third kappa shape index (κ3) is 2.82. The van der Waals surface area contributed by atoms with Crippen molar-refractivity contribution in [3.05, 3.63) is 34.9 Å². The Hall–Kier alpha value is -1.11. The van der Waals surface area contributed by atoms with Gasteiger partial charge in [-0.05, 0) is 42.2 Å². The molecule has 0 amide bonds. The Morgan fingerprint density at radius 2 is 2.11 bits per heavy atom.